The molecule has 0 radical (unpaired) electrons. The molecule has 0 unspecified atom stereocenters. The lowest BCUT2D eigenvalue weighted by molar-refractivity contribution is 0.423. The van der Waals surface area contributed by atoms with Crippen LogP contribution in [0.2, 0.25) is 0 Å². The van der Waals surface area contributed by atoms with Crippen molar-refractivity contribution in [3.63, 3.8) is 0 Å². The van der Waals surface area contributed by atoms with Crippen LogP contribution in [-0.4, -0.2) is 5.11 Å². The summed E-state index contributed by atoms with van der Waals surface area (Å²) in [6.07, 6.45) is 6.34. The first kappa shape index (κ1) is 8.82. The molecule has 0 aliphatic carbocycles. The molecule has 2 heteroatoms. The molecule has 56 valence electrons. The minimum atomic E-state index is 0.254. The van der Waals surface area contributed by atoms with Crippen molar-refractivity contribution in [2.75, 3.05) is 0 Å². The quantitative estimate of drug-likeness (QED) is 0.453. The van der Waals surface area contributed by atoms with E-state index in [1.54, 1.807) is 12.2 Å². The highest BCUT2D eigenvalue weighted by molar-refractivity contribution is 5.25. The van der Waals surface area contributed by atoms with Crippen molar-refractivity contribution in [2.24, 2.45) is 5.73 Å². The van der Waals surface area contributed by atoms with Crippen molar-refractivity contribution in [3.05, 3.63) is 35.8 Å². The molecular weight excluding hydrogens is 126 g/mol. The summed E-state index contributed by atoms with van der Waals surface area (Å²) >= 11 is 0. The summed E-state index contributed by atoms with van der Waals surface area (Å²) in [5.41, 5.74) is 5.91. The van der Waals surface area contributed by atoms with Crippen molar-refractivity contribution in [2.45, 2.75) is 13.8 Å². The molecule has 0 heterocycles. The van der Waals surface area contributed by atoms with Crippen LogP contribution in [-0.2, 0) is 0 Å². The van der Waals surface area contributed by atoms with Crippen LogP contribution < -0.4 is 5.73 Å². The van der Waals surface area contributed by atoms with Crippen molar-refractivity contribution in [1.29, 1.82) is 0 Å². The van der Waals surface area contributed by atoms with Crippen LogP contribution in [0.25, 0.3) is 0 Å². The van der Waals surface area contributed by atoms with E-state index in [-0.39, 0.29) is 5.76 Å². The van der Waals surface area contributed by atoms with Crippen LogP contribution in [0.15, 0.2) is 35.8 Å². The zero-order valence-electron chi connectivity index (χ0n) is 6.33. The smallest absolute Gasteiger partial charge is 0.118 e. The van der Waals surface area contributed by atoms with Gasteiger partial charge in [-0.2, -0.15) is 0 Å². The number of rotatable bonds is 2. The first-order chi connectivity index (χ1) is 4.72. The Morgan fingerprint density at radius 1 is 1.50 bits per heavy atom. The molecule has 10 heavy (non-hydrogen) atoms. The average molecular weight is 139 g/mol. The van der Waals surface area contributed by atoms with E-state index >= 15 is 0 Å². The van der Waals surface area contributed by atoms with E-state index in [0.29, 0.717) is 0 Å². The number of hydrogen-bond donors (Lipinski definition) is 2. The Bertz CT molecular complexity index is 178. The fourth-order valence-electron chi connectivity index (χ4n) is 0.426. The molecule has 2 nitrogen and oxygen atoms in total. The fourth-order valence-corrected chi connectivity index (χ4v) is 0.426. The van der Waals surface area contributed by atoms with E-state index in [2.05, 4.69) is 0 Å². The second-order valence-electron chi connectivity index (χ2n) is 1.91. The van der Waals surface area contributed by atoms with E-state index in [1.807, 2.05) is 19.9 Å². The van der Waals surface area contributed by atoms with Gasteiger partial charge in [-0.1, -0.05) is 6.08 Å². The van der Waals surface area contributed by atoms with Crippen LogP contribution >= 0.6 is 0 Å². The SMILES string of the molecule is C\C=C(C)/C(O)=C\C=C\N. The number of nitrogens with two attached hydrogens (primary N) is 1. The zero-order chi connectivity index (χ0) is 7.98. The number of aliphatic hydroxyl groups excluding tert-OH is 1. The van der Waals surface area contributed by atoms with E-state index < -0.39 is 0 Å². The van der Waals surface area contributed by atoms with Gasteiger partial charge in [0.05, 0.1) is 0 Å². The standard InChI is InChI=1S/C8H13NO/c1-3-7(2)8(10)5-4-6-9/h3-6,10H,9H2,1-2H3/b6-4+,7-3-,8-5+. The minimum Gasteiger partial charge on any atom is -0.508 e. The largest absolute Gasteiger partial charge is 0.508 e. The van der Waals surface area contributed by atoms with Gasteiger partial charge in [-0.3, -0.25) is 0 Å². The van der Waals surface area contributed by atoms with Crippen LogP contribution in [0.1, 0.15) is 13.8 Å². The van der Waals surface area contributed by atoms with Crippen LogP contribution in [0.3, 0.4) is 0 Å². The van der Waals surface area contributed by atoms with Gasteiger partial charge < -0.3 is 10.8 Å². The molecule has 0 spiro atoms. The molecule has 0 amide bonds. The number of aliphatic hydroxyl groups is 1. The Hall–Kier alpha value is -1.18. The third-order valence-electron chi connectivity index (χ3n) is 1.20. The predicted molar refractivity (Wildman–Crippen MR) is 43.5 cm³/mol. The first-order valence-electron chi connectivity index (χ1n) is 3.13. The van der Waals surface area contributed by atoms with Crippen LogP contribution in [0.4, 0.5) is 0 Å². The highest BCUT2D eigenvalue weighted by atomic mass is 16.3. The Kier molecular flexibility index (Phi) is 4.12. The maximum Gasteiger partial charge on any atom is 0.118 e. The van der Waals surface area contributed by atoms with Crippen molar-refractivity contribution >= 4 is 0 Å². The van der Waals surface area contributed by atoms with Gasteiger partial charge in [0.1, 0.15) is 5.76 Å². The van der Waals surface area contributed by atoms with Crippen molar-refractivity contribution in [3.8, 4) is 0 Å². The monoisotopic (exact) mass is 139 g/mol. The summed E-state index contributed by atoms with van der Waals surface area (Å²) in [5, 5.41) is 9.13. The second kappa shape index (κ2) is 4.68. The van der Waals surface area contributed by atoms with Gasteiger partial charge in [0.2, 0.25) is 0 Å². The van der Waals surface area contributed by atoms with Gasteiger partial charge in [-0.25, -0.2) is 0 Å². The Labute approximate surface area is 61.4 Å². The Morgan fingerprint density at radius 3 is 2.50 bits per heavy atom. The summed E-state index contributed by atoms with van der Waals surface area (Å²) in [5.74, 6) is 0.254. The minimum absolute atomic E-state index is 0.254. The molecule has 0 aromatic carbocycles. The maximum absolute atomic E-state index is 9.13. The van der Waals surface area contributed by atoms with Gasteiger partial charge in [-0.05, 0) is 37.8 Å². The van der Waals surface area contributed by atoms with E-state index in [1.165, 1.54) is 6.20 Å². The zero-order valence-corrected chi connectivity index (χ0v) is 6.33. The molecule has 0 rings (SSSR count). The summed E-state index contributed by atoms with van der Waals surface area (Å²) in [7, 11) is 0. The van der Waals surface area contributed by atoms with Crippen molar-refractivity contribution < 1.29 is 5.11 Å². The van der Waals surface area contributed by atoms with Crippen LogP contribution in [0, 0.1) is 0 Å². The Balaban J connectivity index is 4.19. The van der Waals surface area contributed by atoms with E-state index in [4.69, 9.17) is 10.8 Å². The molecule has 0 bridgehead atoms. The van der Waals surface area contributed by atoms with Gasteiger partial charge in [0.25, 0.3) is 0 Å². The number of allylic oxidation sites excluding steroid dienone is 4. The van der Waals surface area contributed by atoms with Gasteiger partial charge in [0, 0.05) is 0 Å². The van der Waals surface area contributed by atoms with Crippen molar-refractivity contribution in [1.82, 2.24) is 0 Å². The molecule has 0 fully saturated rings. The van der Waals surface area contributed by atoms with E-state index in [0.717, 1.165) is 5.57 Å². The lowest BCUT2D eigenvalue weighted by atomic mass is 10.2. The fraction of sp³-hybridized carbons (Fsp3) is 0.250. The third kappa shape index (κ3) is 2.97. The molecule has 0 atom stereocenters. The lowest BCUT2D eigenvalue weighted by Crippen LogP contribution is -1.81. The van der Waals surface area contributed by atoms with Gasteiger partial charge in [0.15, 0.2) is 0 Å². The Morgan fingerprint density at radius 2 is 2.10 bits per heavy atom. The molecule has 0 aromatic heterocycles. The summed E-state index contributed by atoms with van der Waals surface area (Å²) in [6.45, 7) is 3.70. The summed E-state index contributed by atoms with van der Waals surface area (Å²) in [4.78, 5) is 0. The summed E-state index contributed by atoms with van der Waals surface area (Å²) < 4.78 is 0. The van der Waals surface area contributed by atoms with E-state index in [9.17, 15) is 0 Å². The molecule has 0 aromatic rings. The molecule has 0 saturated carbocycles. The topological polar surface area (TPSA) is 46.2 Å². The van der Waals surface area contributed by atoms with Gasteiger partial charge >= 0.3 is 0 Å². The third-order valence-corrected chi connectivity index (χ3v) is 1.20. The average Bonchev–Trinajstić information content (AvgIpc) is 1.98. The predicted octanol–water partition coefficient (Wildman–Crippen LogP) is 1.87. The summed E-state index contributed by atoms with van der Waals surface area (Å²) in [6, 6.07) is 0. The highest BCUT2D eigenvalue weighted by Gasteiger charge is 1.89. The second-order valence-corrected chi connectivity index (χ2v) is 1.91. The van der Waals surface area contributed by atoms with Gasteiger partial charge in [-0.15, -0.1) is 0 Å². The lowest BCUT2D eigenvalue weighted by Gasteiger charge is -1.94. The maximum atomic E-state index is 9.13. The highest BCUT2D eigenvalue weighted by Crippen LogP contribution is 2.03. The molecular formula is C8H13NO. The molecule has 0 saturated heterocycles. The van der Waals surface area contributed by atoms with Crippen LogP contribution in [0.5, 0.6) is 0 Å². The molecule has 3 N–H and O–H groups in total. The molecule has 0 aliphatic rings. The number of hydrogen-bond acceptors (Lipinski definition) is 2. The molecule has 0 aliphatic heterocycles. The normalized spacial score (nSPS) is 14.6. The first-order valence-corrected chi connectivity index (χ1v) is 3.13.